The number of nitrogen functional groups attached to an aromatic ring is 1. The SMILES string of the molecule is Cc1cc(CSc2nc(N)c3ccsc3n2)n(C)n1. The molecule has 5 nitrogen and oxygen atoms in total. The van der Waals surface area contributed by atoms with Gasteiger partial charge in [0.1, 0.15) is 10.6 Å². The summed E-state index contributed by atoms with van der Waals surface area (Å²) in [5.41, 5.74) is 8.10. The summed E-state index contributed by atoms with van der Waals surface area (Å²) in [6, 6.07) is 4.02. The van der Waals surface area contributed by atoms with Crippen molar-refractivity contribution in [1.29, 1.82) is 0 Å². The molecule has 0 amide bonds. The van der Waals surface area contributed by atoms with Gasteiger partial charge in [-0.1, -0.05) is 11.8 Å². The van der Waals surface area contributed by atoms with Crippen LogP contribution in [0.2, 0.25) is 0 Å². The summed E-state index contributed by atoms with van der Waals surface area (Å²) < 4.78 is 1.88. The van der Waals surface area contributed by atoms with Crippen molar-refractivity contribution in [2.45, 2.75) is 17.8 Å². The summed E-state index contributed by atoms with van der Waals surface area (Å²) in [7, 11) is 1.95. The Kier molecular flexibility index (Phi) is 3.16. The van der Waals surface area contributed by atoms with Gasteiger partial charge in [0.15, 0.2) is 5.16 Å². The molecule has 19 heavy (non-hydrogen) atoms. The Labute approximate surface area is 118 Å². The number of anilines is 1. The maximum atomic E-state index is 5.93. The maximum absolute atomic E-state index is 5.93. The Morgan fingerprint density at radius 1 is 1.42 bits per heavy atom. The molecule has 3 aromatic heterocycles. The summed E-state index contributed by atoms with van der Waals surface area (Å²) >= 11 is 3.16. The van der Waals surface area contributed by atoms with Gasteiger partial charge in [0.25, 0.3) is 0 Å². The van der Waals surface area contributed by atoms with Crippen molar-refractivity contribution in [3.63, 3.8) is 0 Å². The maximum Gasteiger partial charge on any atom is 0.191 e. The van der Waals surface area contributed by atoms with Gasteiger partial charge in [0.05, 0.1) is 11.1 Å². The summed E-state index contributed by atoms with van der Waals surface area (Å²) in [5.74, 6) is 1.34. The number of thioether (sulfide) groups is 1. The van der Waals surface area contributed by atoms with E-state index in [1.165, 1.54) is 0 Å². The van der Waals surface area contributed by atoms with Crippen molar-refractivity contribution >= 4 is 39.1 Å². The molecule has 3 aromatic rings. The Hall–Kier alpha value is -1.60. The van der Waals surface area contributed by atoms with Crippen molar-refractivity contribution < 1.29 is 0 Å². The zero-order chi connectivity index (χ0) is 13.4. The number of rotatable bonds is 3. The predicted molar refractivity (Wildman–Crippen MR) is 79.3 cm³/mol. The molecule has 0 saturated carbocycles. The molecule has 0 bridgehead atoms. The van der Waals surface area contributed by atoms with E-state index in [-0.39, 0.29) is 0 Å². The molecule has 0 fully saturated rings. The quantitative estimate of drug-likeness (QED) is 0.593. The molecule has 0 aromatic carbocycles. The van der Waals surface area contributed by atoms with E-state index >= 15 is 0 Å². The molecule has 0 aliphatic rings. The van der Waals surface area contributed by atoms with E-state index in [9.17, 15) is 0 Å². The first-order valence-electron chi connectivity index (χ1n) is 5.76. The minimum Gasteiger partial charge on any atom is -0.383 e. The minimum atomic E-state index is 0.551. The third-order valence-electron chi connectivity index (χ3n) is 2.78. The van der Waals surface area contributed by atoms with Gasteiger partial charge < -0.3 is 5.73 Å². The number of hydrogen-bond donors (Lipinski definition) is 1. The lowest BCUT2D eigenvalue weighted by atomic mass is 10.4. The highest BCUT2D eigenvalue weighted by Gasteiger charge is 2.08. The molecule has 2 N–H and O–H groups in total. The number of hydrogen-bond acceptors (Lipinski definition) is 6. The highest BCUT2D eigenvalue weighted by Crippen LogP contribution is 2.27. The molecule has 0 atom stereocenters. The first kappa shape index (κ1) is 12.4. The molecule has 0 spiro atoms. The van der Waals surface area contributed by atoms with Crippen LogP contribution in [0.25, 0.3) is 10.2 Å². The van der Waals surface area contributed by atoms with Crippen LogP contribution in [-0.2, 0) is 12.8 Å². The van der Waals surface area contributed by atoms with E-state index in [2.05, 4.69) is 21.1 Å². The summed E-state index contributed by atoms with van der Waals surface area (Å²) in [6.45, 7) is 1.99. The van der Waals surface area contributed by atoms with Crippen LogP contribution in [0, 0.1) is 6.92 Å². The largest absolute Gasteiger partial charge is 0.383 e. The normalized spacial score (nSPS) is 11.3. The van der Waals surface area contributed by atoms with Crippen molar-refractivity contribution in [2.24, 2.45) is 7.05 Å². The highest BCUT2D eigenvalue weighted by molar-refractivity contribution is 7.98. The van der Waals surface area contributed by atoms with Crippen LogP contribution in [0.15, 0.2) is 22.7 Å². The lowest BCUT2D eigenvalue weighted by Gasteiger charge is -2.02. The second kappa shape index (κ2) is 4.82. The molecular formula is C12H13N5S2. The zero-order valence-electron chi connectivity index (χ0n) is 10.6. The van der Waals surface area contributed by atoms with E-state index in [0.29, 0.717) is 11.0 Å². The standard InChI is InChI=1S/C12H13N5S2/c1-7-5-8(17(2)16-7)6-19-12-14-10(13)9-3-4-18-11(9)15-12/h3-5H,6H2,1-2H3,(H2,13,14,15). The van der Waals surface area contributed by atoms with Crippen LogP contribution >= 0.6 is 23.1 Å². The molecule has 0 aliphatic heterocycles. The molecule has 3 heterocycles. The number of aromatic nitrogens is 4. The Bertz CT molecular complexity index is 731. The Morgan fingerprint density at radius 2 is 2.26 bits per heavy atom. The average Bonchev–Trinajstić information content (AvgIpc) is 2.93. The highest BCUT2D eigenvalue weighted by atomic mass is 32.2. The van der Waals surface area contributed by atoms with Gasteiger partial charge in [-0.15, -0.1) is 11.3 Å². The molecule has 98 valence electrons. The number of aryl methyl sites for hydroxylation is 2. The summed E-state index contributed by atoms with van der Waals surface area (Å²) in [6.07, 6.45) is 0. The smallest absolute Gasteiger partial charge is 0.191 e. The Morgan fingerprint density at radius 3 is 3.00 bits per heavy atom. The molecule has 0 radical (unpaired) electrons. The first-order valence-corrected chi connectivity index (χ1v) is 7.63. The fourth-order valence-corrected chi connectivity index (χ4v) is 3.56. The van der Waals surface area contributed by atoms with E-state index in [0.717, 1.165) is 27.4 Å². The van der Waals surface area contributed by atoms with Crippen LogP contribution in [-0.4, -0.2) is 19.7 Å². The molecule has 3 rings (SSSR count). The third-order valence-corrected chi connectivity index (χ3v) is 4.47. The van der Waals surface area contributed by atoms with Gasteiger partial charge in [-0.2, -0.15) is 5.10 Å². The number of fused-ring (bicyclic) bond motifs is 1. The van der Waals surface area contributed by atoms with Crippen LogP contribution in [0.3, 0.4) is 0 Å². The van der Waals surface area contributed by atoms with E-state index in [4.69, 9.17) is 5.73 Å². The van der Waals surface area contributed by atoms with Gasteiger partial charge in [-0.25, -0.2) is 9.97 Å². The lowest BCUT2D eigenvalue weighted by Crippen LogP contribution is -1.98. The lowest BCUT2D eigenvalue weighted by molar-refractivity contribution is 0.727. The fourth-order valence-electron chi connectivity index (χ4n) is 1.86. The first-order chi connectivity index (χ1) is 9.13. The molecule has 0 aliphatic carbocycles. The number of thiophene rings is 1. The van der Waals surface area contributed by atoms with Crippen molar-refractivity contribution in [3.8, 4) is 0 Å². The van der Waals surface area contributed by atoms with E-state index < -0.39 is 0 Å². The van der Waals surface area contributed by atoms with Crippen LogP contribution in [0.5, 0.6) is 0 Å². The van der Waals surface area contributed by atoms with E-state index in [1.54, 1.807) is 23.1 Å². The number of nitrogens with two attached hydrogens (primary N) is 1. The van der Waals surface area contributed by atoms with Crippen molar-refractivity contribution in [1.82, 2.24) is 19.7 Å². The summed E-state index contributed by atoms with van der Waals surface area (Å²) in [5, 5.41) is 7.95. The van der Waals surface area contributed by atoms with Crippen LogP contribution < -0.4 is 5.73 Å². The Balaban J connectivity index is 1.83. The molecule has 7 heteroatoms. The van der Waals surface area contributed by atoms with Crippen LogP contribution in [0.4, 0.5) is 5.82 Å². The van der Waals surface area contributed by atoms with E-state index in [1.807, 2.05) is 30.1 Å². The molecular weight excluding hydrogens is 278 g/mol. The fraction of sp³-hybridized carbons (Fsp3) is 0.250. The van der Waals surface area contributed by atoms with Gasteiger partial charge in [-0.3, -0.25) is 4.68 Å². The minimum absolute atomic E-state index is 0.551. The molecule has 0 saturated heterocycles. The number of nitrogens with zero attached hydrogens (tertiary/aromatic N) is 4. The van der Waals surface area contributed by atoms with Crippen molar-refractivity contribution in [3.05, 3.63) is 28.9 Å². The monoisotopic (exact) mass is 291 g/mol. The predicted octanol–water partition coefficient (Wildman–Crippen LogP) is 2.61. The second-order valence-electron chi connectivity index (χ2n) is 4.22. The summed E-state index contributed by atoms with van der Waals surface area (Å²) in [4.78, 5) is 9.78. The van der Waals surface area contributed by atoms with Gasteiger partial charge in [-0.05, 0) is 24.4 Å². The van der Waals surface area contributed by atoms with Gasteiger partial charge in [0, 0.05) is 18.5 Å². The average molecular weight is 291 g/mol. The molecule has 0 unspecified atom stereocenters. The van der Waals surface area contributed by atoms with Crippen LogP contribution in [0.1, 0.15) is 11.4 Å². The van der Waals surface area contributed by atoms with Gasteiger partial charge >= 0.3 is 0 Å². The zero-order valence-corrected chi connectivity index (χ0v) is 12.3. The van der Waals surface area contributed by atoms with Crippen molar-refractivity contribution in [2.75, 3.05) is 5.73 Å². The third kappa shape index (κ3) is 2.43. The topological polar surface area (TPSA) is 69.6 Å². The van der Waals surface area contributed by atoms with Gasteiger partial charge in [0.2, 0.25) is 0 Å². The second-order valence-corrected chi connectivity index (χ2v) is 6.06.